The van der Waals surface area contributed by atoms with E-state index in [1.807, 2.05) is 42.5 Å². The molecule has 0 bridgehead atoms. The molecule has 0 saturated carbocycles. The summed E-state index contributed by atoms with van der Waals surface area (Å²) >= 11 is 0. The lowest BCUT2D eigenvalue weighted by atomic mass is 9.81. The summed E-state index contributed by atoms with van der Waals surface area (Å²) in [6.07, 6.45) is 0. The summed E-state index contributed by atoms with van der Waals surface area (Å²) in [5.41, 5.74) is 6.15. The van der Waals surface area contributed by atoms with Crippen LogP contribution in [0, 0.1) is 0 Å². The summed E-state index contributed by atoms with van der Waals surface area (Å²) in [6.45, 7) is 0. The smallest absolute Gasteiger partial charge is 0.194 e. The first-order valence-electron chi connectivity index (χ1n) is 8.09. The Labute approximate surface area is 140 Å². The van der Waals surface area contributed by atoms with Crippen molar-refractivity contribution in [2.75, 3.05) is 0 Å². The van der Waals surface area contributed by atoms with Crippen molar-refractivity contribution >= 4 is 16.6 Å². The predicted octanol–water partition coefficient (Wildman–Crippen LogP) is 5.72. The average molecular weight is 306 g/mol. The second-order valence-electron chi connectivity index (χ2n) is 6.17. The van der Waals surface area contributed by atoms with E-state index in [1.165, 1.54) is 11.1 Å². The van der Waals surface area contributed by atoms with Gasteiger partial charge < -0.3 is 0 Å². The van der Waals surface area contributed by atoms with E-state index >= 15 is 0 Å². The van der Waals surface area contributed by atoms with Crippen molar-refractivity contribution in [2.24, 2.45) is 0 Å². The predicted molar refractivity (Wildman–Crippen MR) is 98.3 cm³/mol. The van der Waals surface area contributed by atoms with Gasteiger partial charge in [-0.1, -0.05) is 72.8 Å². The first-order valence-corrected chi connectivity index (χ1v) is 8.09. The molecule has 4 aromatic rings. The third-order valence-corrected chi connectivity index (χ3v) is 4.79. The Morgan fingerprint density at radius 1 is 0.500 bits per heavy atom. The van der Waals surface area contributed by atoms with E-state index in [-0.39, 0.29) is 5.78 Å². The van der Waals surface area contributed by atoms with E-state index in [1.54, 1.807) is 0 Å². The Kier molecular flexibility index (Phi) is 2.71. The minimum atomic E-state index is 0.121. The molecule has 0 saturated heterocycles. The Morgan fingerprint density at radius 2 is 1.21 bits per heavy atom. The first-order chi connectivity index (χ1) is 11.8. The first kappa shape index (κ1) is 13.3. The van der Waals surface area contributed by atoms with Gasteiger partial charge in [0.15, 0.2) is 5.78 Å². The maximum absolute atomic E-state index is 12.8. The number of benzene rings is 4. The van der Waals surface area contributed by atoms with Gasteiger partial charge in [0.05, 0.1) is 0 Å². The van der Waals surface area contributed by atoms with E-state index in [0.717, 1.165) is 33.0 Å². The largest absolute Gasteiger partial charge is 0.289 e. The molecule has 0 radical (unpaired) electrons. The van der Waals surface area contributed by atoms with Crippen LogP contribution in [0.3, 0.4) is 0 Å². The minimum absolute atomic E-state index is 0.121. The fourth-order valence-corrected chi connectivity index (χ4v) is 3.69. The van der Waals surface area contributed by atoms with Gasteiger partial charge >= 0.3 is 0 Å². The molecule has 0 N–H and O–H groups in total. The Bertz CT molecular complexity index is 1110. The van der Waals surface area contributed by atoms with Crippen LogP contribution in [-0.2, 0) is 0 Å². The zero-order chi connectivity index (χ0) is 16.1. The van der Waals surface area contributed by atoms with E-state index in [0.29, 0.717) is 0 Å². The normalized spacial score (nSPS) is 12.2. The number of ketones is 1. The highest BCUT2D eigenvalue weighted by Gasteiger charge is 2.25. The van der Waals surface area contributed by atoms with E-state index in [4.69, 9.17) is 0 Å². The van der Waals surface area contributed by atoms with Crippen molar-refractivity contribution in [3.8, 4) is 22.3 Å². The third kappa shape index (κ3) is 1.79. The van der Waals surface area contributed by atoms with Crippen molar-refractivity contribution in [1.82, 2.24) is 0 Å². The van der Waals surface area contributed by atoms with Gasteiger partial charge in [-0.05, 0) is 39.8 Å². The van der Waals surface area contributed by atoms with Crippen molar-refractivity contribution in [3.63, 3.8) is 0 Å². The Morgan fingerprint density at radius 3 is 2.04 bits per heavy atom. The highest BCUT2D eigenvalue weighted by Crippen LogP contribution is 2.41. The second kappa shape index (κ2) is 4.90. The molecule has 0 amide bonds. The second-order valence-corrected chi connectivity index (χ2v) is 6.17. The van der Waals surface area contributed by atoms with Gasteiger partial charge in [-0.25, -0.2) is 0 Å². The highest BCUT2D eigenvalue weighted by molar-refractivity contribution is 6.26. The molecule has 1 aliphatic carbocycles. The number of rotatable bonds is 1. The van der Waals surface area contributed by atoms with Crippen LogP contribution in [0.2, 0.25) is 0 Å². The van der Waals surface area contributed by atoms with Gasteiger partial charge in [0.2, 0.25) is 0 Å². The van der Waals surface area contributed by atoms with E-state index in [2.05, 4.69) is 42.5 Å². The van der Waals surface area contributed by atoms with Crippen LogP contribution in [0.5, 0.6) is 0 Å². The summed E-state index contributed by atoms with van der Waals surface area (Å²) in [6, 6.07) is 28.7. The Hall–Kier alpha value is -3.19. The highest BCUT2D eigenvalue weighted by atomic mass is 16.1. The van der Waals surface area contributed by atoms with Crippen LogP contribution >= 0.6 is 0 Å². The van der Waals surface area contributed by atoms with Crippen molar-refractivity contribution in [1.29, 1.82) is 0 Å². The summed E-state index contributed by atoms with van der Waals surface area (Å²) in [5, 5.41) is 2.19. The molecule has 1 aliphatic rings. The van der Waals surface area contributed by atoms with Gasteiger partial charge in [0.25, 0.3) is 0 Å². The molecular weight excluding hydrogens is 292 g/mol. The summed E-state index contributed by atoms with van der Waals surface area (Å²) < 4.78 is 0. The molecule has 24 heavy (non-hydrogen) atoms. The molecule has 0 spiro atoms. The molecular formula is C23H14O. The van der Waals surface area contributed by atoms with Crippen molar-refractivity contribution in [2.45, 2.75) is 0 Å². The van der Waals surface area contributed by atoms with E-state index < -0.39 is 0 Å². The molecule has 0 fully saturated rings. The van der Waals surface area contributed by atoms with E-state index in [9.17, 15) is 4.79 Å². The molecule has 0 aliphatic heterocycles. The number of carbonyl (C=O) groups excluding carboxylic acids is 1. The minimum Gasteiger partial charge on any atom is -0.289 e. The van der Waals surface area contributed by atoms with Crippen LogP contribution in [0.15, 0.2) is 84.9 Å². The number of fused-ring (bicyclic) bond motifs is 2. The number of hydrogen-bond acceptors (Lipinski definition) is 1. The standard InChI is InChI=1S/C23H14O/c24-23-19-11-5-4-10-18(19)21-14-17(15-7-2-1-3-8-15)13-16-9-6-12-20(23)22(16)21/h1-14H. The van der Waals surface area contributed by atoms with Gasteiger partial charge in [-0.2, -0.15) is 0 Å². The fourth-order valence-electron chi connectivity index (χ4n) is 3.69. The Balaban J connectivity index is 1.92. The third-order valence-electron chi connectivity index (χ3n) is 4.79. The quantitative estimate of drug-likeness (QED) is 0.387. The lowest BCUT2D eigenvalue weighted by Gasteiger charge is -2.21. The fraction of sp³-hybridized carbons (Fsp3) is 0. The average Bonchev–Trinajstić information content (AvgIpc) is 2.66. The van der Waals surface area contributed by atoms with Gasteiger partial charge in [0.1, 0.15) is 0 Å². The maximum Gasteiger partial charge on any atom is 0.194 e. The zero-order valence-corrected chi connectivity index (χ0v) is 13.0. The van der Waals surface area contributed by atoms with Crippen LogP contribution in [0.4, 0.5) is 0 Å². The molecule has 0 unspecified atom stereocenters. The molecule has 0 aromatic heterocycles. The van der Waals surface area contributed by atoms with Crippen LogP contribution < -0.4 is 0 Å². The zero-order valence-electron chi connectivity index (χ0n) is 13.0. The molecule has 4 aromatic carbocycles. The van der Waals surface area contributed by atoms with Gasteiger partial charge in [-0.3, -0.25) is 4.79 Å². The summed E-state index contributed by atoms with van der Waals surface area (Å²) in [5.74, 6) is 0.121. The van der Waals surface area contributed by atoms with Crippen LogP contribution in [0.25, 0.3) is 33.0 Å². The molecule has 0 heterocycles. The summed E-state index contributed by atoms with van der Waals surface area (Å²) in [7, 11) is 0. The number of carbonyl (C=O) groups is 1. The maximum atomic E-state index is 12.8. The van der Waals surface area contributed by atoms with Gasteiger partial charge in [-0.15, -0.1) is 0 Å². The van der Waals surface area contributed by atoms with Crippen molar-refractivity contribution in [3.05, 3.63) is 96.1 Å². The van der Waals surface area contributed by atoms with Crippen LogP contribution in [0.1, 0.15) is 15.9 Å². The lowest BCUT2D eigenvalue weighted by molar-refractivity contribution is 0.104. The SMILES string of the molecule is O=C1c2ccccc2-c2cc(-c3ccccc3)cc3cccc1c23. The number of hydrogen-bond donors (Lipinski definition) is 0. The topological polar surface area (TPSA) is 17.1 Å². The molecule has 1 heteroatoms. The lowest BCUT2D eigenvalue weighted by Crippen LogP contribution is -2.09. The van der Waals surface area contributed by atoms with Crippen molar-refractivity contribution < 1.29 is 4.79 Å². The monoisotopic (exact) mass is 306 g/mol. The summed E-state index contributed by atoms with van der Waals surface area (Å²) in [4.78, 5) is 12.8. The molecule has 112 valence electrons. The van der Waals surface area contributed by atoms with Crippen LogP contribution in [-0.4, -0.2) is 5.78 Å². The molecule has 0 atom stereocenters. The molecule has 1 nitrogen and oxygen atoms in total. The van der Waals surface area contributed by atoms with Gasteiger partial charge in [0, 0.05) is 16.5 Å². The molecule has 5 rings (SSSR count).